The summed E-state index contributed by atoms with van der Waals surface area (Å²) in [6.07, 6.45) is 0.809. The van der Waals surface area contributed by atoms with Crippen LogP contribution in [-0.2, 0) is 13.2 Å². The first-order valence-corrected chi connectivity index (χ1v) is 11.7. The summed E-state index contributed by atoms with van der Waals surface area (Å²) < 4.78 is 11.5. The second-order valence-electron chi connectivity index (χ2n) is 7.80. The normalized spacial score (nSPS) is 12.4. The number of fused-ring (bicyclic) bond motifs is 1. The molecular weight excluding hydrogens is 450 g/mol. The third-order valence-corrected chi connectivity index (χ3v) is 6.80. The third kappa shape index (κ3) is 4.17. The van der Waals surface area contributed by atoms with E-state index < -0.39 is 0 Å². The SMILES string of the molecule is O=Cc1sc(-c2ccc(N(c3ccc(CO)cc3)c3ccc(CO)cc3)cc2)c2c1OCCO2. The van der Waals surface area contributed by atoms with Gasteiger partial charge in [-0.05, 0) is 53.1 Å². The number of carbonyl (C=O) groups is 1. The van der Waals surface area contributed by atoms with Crippen LogP contribution in [0, 0.1) is 0 Å². The summed E-state index contributed by atoms with van der Waals surface area (Å²) in [5.41, 5.74) is 5.44. The van der Waals surface area contributed by atoms with Gasteiger partial charge in [0.1, 0.15) is 18.1 Å². The summed E-state index contributed by atoms with van der Waals surface area (Å²) in [6.45, 7) is 0.857. The van der Waals surface area contributed by atoms with Crippen molar-refractivity contribution in [3.8, 4) is 21.9 Å². The Kier molecular flexibility index (Phi) is 6.31. The Bertz CT molecular complexity index is 1230. The van der Waals surface area contributed by atoms with Crippen molar-refractivity contribution in [1.82, 2.24) is 0 Å². The van der Waals surface area contributed by atoms with Gasteiger partial charge in [0, 0.05) is 17.1 Å². The first kappa shape index (κ1) is 22.2. The molecule has 1 aliphatic heterocycles. The fourth-order valence-electron chi connectivity index (χ4n) is 3.95. The lowest BCUT2D eigenvalue weighted by atomic mass is 10.1. The van der Waals surface area contributed by atoms with Crippen molar-refractivity contribution < 1.29 is 24.5 Å². The topological polar surface area (TPSA) is 79.2 Å². The minimum absolute atomic E-state index is 0.0140. The van der Waals surface area contributed by atoms with Gasteiger partial charge in [0.15, 0.2) is 17.8 Å². The van der Waals surface area contributed by atoms with Crippen molar-refractivity contribution >= 4 is 34.7 Å². The van der Waals surface area contributed by atoms with Crippen molar-refractivity contribution in [2.24, 2.45) is 0 Å². The van der Waals surface area contributed by atoms with E-state index in [1.165, 1.54) is 11.3 Å². The van der Waals surface area contributed by atoms with Crippen LogP contribution >= 0.6 is 11.3 Å². The Morgan fingerprint density at radius 3 is 1.68 bits per heavy atom. The van der Waals surface area contributed by atoms with E-state index in [0.717, 1.165) is 44.9 Å². The van der Waals surface area contributed by atoms with Gasteiger partial charge in [0.25, 0.3) is 0 Å². The van der Waals surface area contributed by atoms with Crippen LogP contribution in [0.1, 0.15) is 20.8 Å². The number of aldehydes is 1. The Morgan fingerprint density at radius 2 is 1.21 bits per heavy atom. The van der Waals surface area contributed by atoms with Gasteiger partial charge in [-0.15, -0.1) is 11.3 Å². The van der Waals surface area contributed by atoms with Crippen molar-refractivity contribution in [1.29, 1.82) is 0 Å². The fraction of sp³-hybridized carbons (Fsp3) is 0.148. The fourth-order valence-corrected chi connectivity index (χ4v) is 4.96. The molecular formula is C27H23NO5S. The van der Waals surface area contributed by atoms with E-state index in [0.29, 0.717) is 29.6 Å². The third-order valence-electron chi connectivity index (χ3n) is 5.67. The highest BCUT2D eigenvalue weighted by atomic mass is 32.1. The van der Waals surface area contributed by atoms with Crippen LogP contribution < -0.4 is 14.4 Å². The highest BCUT2D eigenvalue weighted by molar-refractivity contribution is 7.18. The summed E-state index contributed by atoms with van der Waals surface area (Å²) in [4.78, 5) is 15.0. The van der Waals surface area contributed by atoms with E-state index in [1.54, 1.807) is 0 Å². The smallest absolute Gasteiger partial charge is 0.183 e. The van der Waals surface area contributed by atoms with Gasteiger partial charge in [0.2, 0.25) is 0 Å². The molecule has 172 valence electrons. The number of aliphatic hydroxyl groups excluding tert-OH is 2. The molecule has 2 N–H and O–H groups in total. The monoisotopic (exact) mass is 473 g/mol. The van der Waals surface area contributed by atoms with Crippen LogP contribution in [0.3, 0.4) is 0 Å². The number of nitrogens with zero attached hydrogens (tertiary/aromatic N) is 1. The van der Waals surface area contributed by atoms with Crippen LogP contribution in [0.25, 0.3) is 10.4 Å². The zero-order valence-corrected chi connectivity index (χ0v) is 19.1. The Labute approximate surface area is 201 Å². The van der Waals surface area contributed by atoms with E-state index in [9.17, 15) is 15.0 Å². The minimum Gasteiger partial charge on any atom is -0.485 e. The largest absolute Gasteiger partial charge is 0.485 e. The molecule has 3 aromatic carbocycles. The van der Waals surface area contributed by atoms with E-state index >= 15 is 0 Å². The summed E-state index contributed by atoms with van der Waals surface area (Å²) >= 11 is 1.36. The molecule has 0 atom stereocenters. The van der Waals surface area contributed by atoms with E-state index in [1.807, 2.05) is 72.8 Å². The highest BCUT2D eigenvalue weighted by Gasteiger charge is 2.25. The summed E-state index contributed by atoms with van der Waals surface area (Å²) in [5.74, 6) is 1.15. The predicted molar refractivity (Wildman–Crippen MR) is 133 cm³/mol. The molecule has 34 heavy (non-hydrogen) atoms. The molecule has 1 aliphatic rings. The number of rotatable bonds is 7. The zero-order valence-electron chi connectivity index (χ0n) is 18.3. The number of carbonyl (C=O) groups excluding carboxylic acids is 1. The second-order valence-corrected chi connectivity index (χ2v) is 8.85. The molecule has 0 fully saturated rings. The van der Waals surface area contributed by atoms with Crippen LogP contribution in [0.4, 0.5) is 17.1 Å². The van der Waals surface area contributed by atoms with Crippen LogP contribution in [0.5, 0.6) is 11.5 Å². The van der Waals surface area contributed by atoms with Gasteiger partial charge in [0.05, 0.1) is 18.1 Å². The van der Waals surface area contributed by atoms with Crippen molar-refractivity contribution in [3.63, 3.8) is 0 Å². The molecule has 5 rings (SSSR count). The molecule has 0 amide bonds. The summed E-state index contributed by atoms with van der Waals surface area (Å²) in [6, 6.07) is 23.5. The lowest BCUT2D eigenvalue weighted by molar-refractivity contribution is 0.111. The van der Waals surface area contributed by atoms with Gasteiger partial charge in [-0.3, -0.25) is 4.79 Å². The molecule has 0 radical (unpaired) electrons. The van der Waals surface area contributed by atoms with E-state index in [-0.39, 0.29) is 13.2 Å². The maximum atomic E-state index is 11.5. The van der Waals surface area contributed by atoms with Crippen molar-refractivity contribution in [2.75, 3.05) is 18.1 Å². The van der Waals surface area contributed by atoms with Gasteiger partial charge >= 0.3 is 0 Å². The molecule has 6 nitrogen and oxygen atoms in total. The molecule has 2 heterocycles. The molecule has 1 aromatic heterocycles. The molecule has 7 heteroatoms. The highest BCUT2D eigenvalue weighted by Crippen LogP contribution is 2.49. The number of thiophene rings is 1. The first-order valence-electron chi connectivity index (χ1n) is 10.9. The number of ether oxygens (including phenoxy) is 2. The van der Waals surface area contributed by atoms with Crippen molar-refractivity contribution in [2.45, 2.75) is 13.2 Å². The quantitative estimate of drug-likeness (QED) is 0.347. The van der Waals surface area contributed by atoms with Crippen LogP contribution in [0.15, 0.2) is 72.8 Å². The number of hydrogen-bond donors (Lipinski definition) is 2. The maximum Gasteiger partial charge on any atom is 0.183 e. The maximum absolute atomic E-state index is 11.5. The number of aliphatic hydroxyl groups is 2. The number of hydrogen-bond acceptors (Lipinski definition) is 7. The van der Waals surface area contributed by atoms with Crippen LogP contribution in [-0.4, -0.2) is 29.7 Å². The van der Waals surface area contributed by atoms with Gasteiger partial charge in [-0.2, -0.15) is 0 Å². The average molecular weight is 474 g/mol. The molecule has 0 unspecified atom stereocenters. The molecule has 0 aliphatic carbocycles. The number of anilines is 3. The molecule has 0 spiro atoms. The van der Waals surface area contributed by atoms with Crippen LogP contribution in [0.2, 0.25) is 0 Å². The lowest BCUT2D eigenvalue weighted by Gasteiger charge is -2.26. The predicted octanol–water partition coefficient (Wildman–Crippen LogP) is 5.45. The van der Waals surface area contributed by atoms with Gasteiger partial charge in [-0.1, -0.05) is 36.4 Å². The second kappa shape index (κ2) is 9.69. The molecule has 4 aromatic rings. The van der Waals surface area contributed by atoms with E-state index in [4.69, 9.17) is 9.47 Å². The number of benzene rings is 3. The van der Waals surface area contributed by atoms with Gasteiger partial charge in [-0.25, -0.2) is 0 Å². The summed E-state index contributed by atoms with van der Waals surface area (Å²) in [7, 11) is 0. The Morgan fingerprint density at radius 1 is 0.735 bits per heavy atom. The Hall–Kier alpha value is -3.65. The Balaban J connectivity index is 1.54. The molecule has 0 bridgehead atoms. The minimum atomic E-state index is -0.0140. The standard InChI is InChI=1S/C27H23NO5S/c29-15-18-1-7-21(8-2-18)28(22-9-3-19(16-30)4-10-22)23-11-5-20(6-12-23)27-26-25(24(17-31)34-27)32-13-14-33-26/h1-12,17,29-30H,13-16H2. The summed E-state index contributed by atoms with van der Waals surface area (Å²) in [5, 5.41) is 18.8. The van der Waals surface area contributed by atoms with E-state index in [2.05, 4.69) is 4.90 Å². The first-order chi connectivity index (χ1) is 16.7. The zero-order chi connectivity index (χ0) is 23.5. The van der Waals surface area contributed by atoms with Crippen molar-refractivity contribution in [3.05, 3.63) is 88.8 Å². The van der Waals surface area contributed by atoms with Gasteiger partial charge < -0.3 is 24.6 Å². The average Bonchev–Trinajstić information content (AvgIpc) is 3.29. The molecule has 0 saturated heterocycles. The molecule has 0 saturated carbocycles. The lowest BCUT2D eigenvalue weighted by Crippen LogP contribution is -2.15.